The Balaban J connectivity index is 1.33. The molecule has 6 heteroatoms. The second-order valence-electron chi connectivity index (χ2n) is 8.48. The maximum Gasteiger partial charge on any atom is 0.273 e. The monoisotopic (exact) mass is 411 g/mol. The van der Waals surface area contributed by atoms with Crippen molar-refractivity contribution >= 4 is 23.2 Å². The van der Waals surface area contributed by atoms with E-state index in [4.69, 9.17) is 0 Å². The van der Waals surface area contributed by atoms with E-state index in [0.29, 0.717) is 24.7 Å². The third-order valence-corrected chi connectivity index (χ3v) is 7.14. The van der Waals surface area contributed by atoms with E-state index in [1.165, 1.54) is 16.9 Å². The van der Waals surface area contributed by atoms with Crippen LogP contribution in [0.2, 0.25) is 0 Å². The van der Waals surface area contributed by atoms with Gasteiger partial charge in [-0.05, 0) is 38.5 Å². The number of nitrogens with zero attached hydrogens (tertiary/aromatic N) is 3. The number of carbonyl (C=O) groups excluding carboxylic acids is 2. The van der Waals surface area contributed by atoms with Crippen LogP contribution >= 0.6 is 11.3 Å². The average Bonchev–Trinajstić information content (AvgIpc) is 3.24. The molecule has 2 fully saturated rings. The first-order chi connectivity index (χ1) is 14.0. The largest absolute Gasteiger partial charge is 0.342 e. The van der Waals surface area contributed by atoms with Crippen molar-refractivity contribution in [3.8, 4) is 10.6 Å². The van der Waals surface area contributed by atoms with Crippen LogP contribution in [0.25, 0.3) is 10.6 Å². The molecule has 2 aliphatic heterocycles. The van der Waals surface area contributed by atoms with Gasteiger partial charge in [0.2, 0.25) is 5.91 Å². The quantitative estimate of drug-likeness (QED) is 0.759. The highest BCUT2D eigenvalue weighted by atomic mass is 32.1. The number of benzene rings is 1. The van der Waals surface area contributed by atoms with E-state index in [-0.39, 0.29) is 11.8 Å². The van der Waals surface area contributed by atoms with Gasteiger partial charge in [0.15, 0.2) is 0 Å². The number of carbonyl (C=O) groups is 2. The Hall–Kier alpha value is -2.21. The summed E-state index contributed by atoms with van der Waals surface area (Å²) in [5.74, 6) is 1.06. The summed E-state index contributed by atoms with van der Waals surface area (Å²) in [4.78, 5) is 34.2. The highest BCUT2D eigenvalue weighted by molar-refractivity contribution is 7.13. The summed E-state index contributed by atoms with van der Waals surface area (Å²) in [6.07, 6.45) is 3.73. The first-order valence-corrected chi connectivity index (χ1v) is 11.5. The molecule has 0 spiro atoms. The second-order valence-corrected chi connectivity index (χ2v) is 9.34. The van der Waals surface area contributed by atoms with Crippen molar-refractivity contribution in [2.45, 2.75) is 39.5 Å². The van der Waals surface area contributed by atoms with Crippen LogP contribution in [0.15, 0.2) is 29.6 Å². The molecule has 29 heavy (non-hydrogen) atoms. The predicted octanol–water partition coefficient (Wildman–Crippen LogP) is 4.23. The lowest BCUT2D eigenvalue weighted by Gasteiger charge is -2.36. The summed E-state index contributed by atoms with van der Waals surface area (Å²) in [5.41, 5.74) is 2.76. The first kappa shape index (κ1) is 20.1. The molecule has 0 radical (unpaired) electrons. The molecule has 4 rings (SSSR count). The lowest BCUT2D eigenvalue weighted by atomic mass is 9.92. The molecule has 154 valence electrons. The number of likely N-dealkylation sites (tertiary alicyclic amines) is 2. The smallest absolute Gasteiger partial charge is 0.273 e. The van der Waals surface area contributed by atoms with Crippen LogP contribution in [0, 0.1) is 18.8 Å². The lowest BCUT2D eigenvalue weighted by Crippen LogP contribution is -2.46. The molecular formula is C23H29N3O2S. The number of rotatable bonds is 3. The normalized spacial score (nSPS) is 18.8. The van der Waals surface area contributed by atoms with Crippen LogP contribution in [-0.4, -0.2) is 52.8 Å². The lowest BCUT2D eigenvalue weighted by molar-refractivity contribution is -0.138. The van der Waals surface area contributed by atoms with Crippen molar-refractivity contribution in [2.24, 2.45) is 11.8 Å². The Morgan fingerprint density at radius 2 is 1.59 bits per heavy atom. The zero-order chi connectivity index (χ0) is 20.4. The zero-order valence-corrected chi connectivity index (χ0v) is 18.1. The fourth-order valence-electron chi connectivity index (χ4n) is 4.18. The summed E-state index contributed by atoms with van der Waals surface area (Å²) >= 11 is 1.51. The molecule has 2 aliphatic rings. The van der Waals surface area contributed by atoms with E-state index in [1.807, 2.05) is 27.3 Å². The summed E-state index contributed by atoms with van der Waals surface area (Å²) in [6, 6.07) is 8.20. The van der Waals surface area contributed by atoms with Crippen molar-refractivity contribution in [1.29, 1.82) is 0 Å². The Bertz CT molecular complexity index is 861. The molecule has 0 unspecified atom stereocenters. The SMILES string of the molecule is Cc1ccc(-c2nc(C(=O)N3CCC(C(=O)N4CCC(C)CC4)CC3)cs2)cc1. The van der Waals surface area contributed by atoms with Gasteiger partial charge in [-0.1, -0.05) is 36.8 Å². The van der Waals surface area contributed by atoms with E-state index in [2.05, 4.69) is 31.0 Å². The molecule has 2 amide bonds. The first-order valence-electron chi connectivity index (χ1n) is 10.6. The van der Waals surface area contributed by atoms with Crippen molar-refractivity contribution in [3.05, 3.63) is 40.9 Å². The van der Waals surface area contributed by atoms with Gasteiger partial charge in [-0.2, -0.15) is 0 Å². The minimum absolute atomic E-state index is 0.0164. The molecular weight excluding hydrogens is 382 g/mol. The third-order valence-electron chi connectivity index (χ3n) is 6.25. The molecule has 3 heterocycles. The summed E-state index contributed by atoms with van der Waals surface area (Å²) in [5, 5.41) is 2.72. The molecule has 2 saturated heterocycles. The minimum Gasteiger partial charge on any atom is -0.342 e. The van der Waals surface area contributed by atoms with Crippen LogP contribution in [0.5, 0.6) is 0 Å². The minimum atomic E-state index is -0.0164. The Labute approximate surface area is 176 Å². The topological polar surface area (TPSA) is 53.5 Å². The summed E-state index contributed by atoms with van der Waals surface area (Å²) < 4.78 is 0. The molecule has 0 N–H and O–H groups in total. The average molecular weight is 412 g/mol. The van der Waals surface area contributed by atoms with Gasteiger partial charge in [-0.25, -0.2) is 4.98 Å². The van der Waals surface area contributed by atoms with Crippen LogP contribution in [0.1, 0.15) is 48.7 Å². The Morgan fingerprint density at radius 1 is 0.966 bits per heavy atom. The van der Waals surface area contributed by atoms with E-state index in [9.17, 15) is 9.59 Å². The highest BCUT2D eigenvalue weighted by Crippen LogP contribution is 2.27. The number of hydrogen-bond donors (Lipinski definition) is 0. The van der Waals surface area contributed by atoms with Crippen molar-refractivity contribution in [3.63, 3.8) is 0 Å². The molecule has 0 saturated carbocycles. The molecule has 0 bridgehead atoms. The van der Waals surface area contributed by atoms with Gasteiger partial charge in [0.05, 0.1) is 0 Å². The maximum absolute atomic E-state index is 12.9. The molecule has 5 nitrogen and oxygen atoms in total. The summed E-state index contributed by atoms with van der Waals surface area (Å²) in [6.45, 7) is 7.36. The predicted molar refractivity (Wildman–Crippen MR) is 116 cm³/mol. The van der Waals surface area contributed by atoms with Crippen molar-refractivity contribution in [2.75, 3.05) is 26.2 Å². The van der Waals surface area contributed by atoms with Gasteiger partial charge in [0, 0.05) is 43.0 Å². The van der Waals surface area contributed by atoms with E-state index < -0.39 is 0 Å². The number of piperidine rings is 2. The van der Waals surface area contributed by atoms with Gasteiger partial charge in [-0.15, -0.1) is 11.3 Å². The van der Waals surface area contributed by atoms with Gasteiger partial charge in [0.25, 0.3) is 5.91 Å². The van der Waals surface area contributed by atoms with E-state index in [1.54, 1.807) is 0 Å². The van der Waals surface area contributed by atoms with E-state index >= 15 is 0 Å². The molecule has 2 aromatic rings. The van der Waals surface area contributed by atoms with Gasteiger partial charge < -0.3 is 9.80 Å². The van der Waals surface area contributed by atoms with Crippen LogP contribution in [0.3, 0.4) is 0 Å². The third kappa shape index (κ3) is 4.53. The van der Waals surface area contributed by atoms with Gasteiger partial charge in [0.1, 0.15) is 10.7 Å². The summed E-state index contributed by atoms with van der Waals surface area (Å²) in [7, 11) is 0. The van der Waals surface area contributed by atoms with Crippen LogP contribution in [-0.2, 0) is 4.79 Å². The second kappa shape index (κ2) is 8.66. The zero-order valence-electron chi connectivity index (χ0n) is 17.3. The van der Waals surface area contributed by atoms with Crippen LogP contribution < -0.4 is 0 Å². The molecule has 0 aliphatic carbocycles. The number of amides is 2. The fourth-order valence-corrected chi connectivity index (χ4v) is 4.98. The number of aryl methyl sites for hydroxylation is 1. The van der Waals surface area contributed by atoms with Crippen LogP contribution in [0.4, 0.5) is 0 Å². The Morgan fingerprint density at radius 3 is 2.24 bits per heavy atom. The number of hydrogen-bond acceptors (Lipinski definition) is 4. The molecule has 1 aromatic carbocycles. The Kier molecular flexibility index (Phi) is 5.99. The molecule has 0 atom stereocenters. The van der Waals surface area contributed by atoms with Gasteiger partial charge in [-0.3, -0.25) is 9.59 Å². The maximum atomic E-state index is 12.9. The van der Waals surface area contributed by atoms with Crippen molar-refractivity contribution < 1.29 is 9.59 Å². The number of thiazole rings is 1. The fraction of sp³-hybridized carbons (Fsp3) is 0.522. The highest BCUT2D eigenvalue weighted by Gasteiger charge is 2.32. The van der Waals surface area contributed by atoms with Gasteiger partial charge >= 0.3 is 0 Å². The molecule has 1 aromatic heterocycles. The standard InChI is InChI=1S/C23H29N3O2S/c1-16-3-5-18(6-4-16)21-24-20(15-29-21)23(28)26-13-9-19(10-14-26)22(27)25-11-7-17(2)8-12-25/h3-6,15,17,19H,7-14H2,1-2H3. The number of aromatic nitrogens is 1. The van der Waals surface area contributed by atoms with Crippen molar-refractivity contribution in [1.82, 2.24) is 14.8 Å². The van der Waals surface area contributed by atoms with E-state index in [0.717, 1.165) is 55.3 Å².